The molecule has 2 rings (SSSR count). The molecule has 1 aromatic rings. The molecule has 0 saturated heterocycles. The van der Waals surface area contributed by atoms with Crippen molar-refractivity contribution >= 4 is 11.5 Å². The van der Waals surface area contributed by atoms with Crippen LogP contribution in [-0.4, -0.2) is 30.1 Å². The largest absolute Gasteiger partial charge is 0.481 e. The Balaban J connectivity index is 2.42. The number of nitro groups is 1. The van der Waals surface area contributed by atoms with Gasteiger partial charge in [-0.25, -0.2) is 4.98 Å². The summed E-state index contributed by atoms with van der Waals surface area (Å²) >= 11 is 0. The molecule has 0 spiro atoms. The van der Waals surface area contributed by atoms with Gasteiger partial charge in [0.25, 0.3) is 0 Å². The number of nitrogens with zero attached hydrogens (tertiary/aromatic N) is 3. The predicted octanol–water partition coefficient (Wildman–Crippen LogP) is 1.60. The SMILES string of the molecule is CN(C)c1nccc([N+](=O)[O-])c1OC1CC1. The van der Waals surface area contributed by atoms with Crippen molar-refractivity contribution in [1.29, 1.82) is 0 Å². The number of hydrogen-bond donors (Lipinski definition) is 0. The normalized spacial score (nSPS) is 14.6. The average Bonchev–Trinajstić information content (AvgIpc) is 3.01. The molecule has 6 nitrogen and oxygen atoms in total. The highest BCUT2D eigenvalue weighted by atomic mass is 16.6. The second-order valence-electron chi connectivity index (χ2n) is 3.95. The first kappa shape index (κ1) is 10.7. The molecular weight excluding hydrogens is 210 g/mol. The topological polar surface area (TPSA) is 68.5 Å². The fraction of sp³-hybridized carbons (Fsp3) is 0.500. The Kier molecular flexibility index (Phi) is 2.64. The average molecular weight is 223 g/mol. The first-order chi connectivity index (χ1) is 7.59. The maximum Gasteiger partial charge on any atom is 0.316 e. The van der Waals surface area contributed by atoms with Crippen LogP contribution in [0.15, 0.2) is 12.3 Å². The first-order valence-corrected chi connectivity index (χ1v) is 5.07. The van der Waals surface area contributed by atoms with Crippen LogP contribution in [0.2, 0.25) is 0 Å². The Bertz CT molecular complexity index is 416. The van der Waals surface area contributed by atoms with Crippen LogP contribution < -0.4 is 9.64 Å². The van der Waals surface area contributed by atoms with Gasteiger partial charge in [0, 0.05) is 26.4 Å². The second-order valence-corrected chi connectivity index (χ2v) is 3.95. The molecule has 1 aromatic heterocycles. The lowest BCUT2D eigenvalue weighted by Crippen LogP contribution is -2.14. The van der Waals surface area contributed by atoms with Gasteiger partial charge in [0.05, 0.1) is 11.0 Å². The number of rotatable bonds is 4. The van der Waals surface area contributed by atoms with E-state index in [1.54, 1.807) is 19.0 Å². The van der Waals surface area contributed by atoms with Crippen molar-refractivity contribution in [3.8, 4) is 5.75 Å². The van der Waals surface area contributed by atoms with E-state index in [-0.39, 0.29) is 17.5 Å². The Morgan fingerprint density at radius 3 is 2.75 bits per heavy atom. The predicted molar refractivity (Wildman–Crippen MR) is 58.9 cm³/mol. The number of ether oxygens (including phenoxy) is 1. The van der Waals surface area contributed by atoms with Gasteiger partial charge < -0.3 is 9.64 Å². The maximum absolute atomic E-state index is 10.9. The van der Waals surface area contributed by atoms with E-state index in [2.05, 4.69) is 4.98 Å². The Morgan fingerprint density at radius 1 is 1.56 bits per heavy atom. The summed E-state index contributed by atoms with van der Waals surface area (Å²) in [6.07, 6.45) is 3.45. The van der Waals surface area contributed by atoms with Crippen LogP contribution in [0.4, 0.5) is 11.5 Å². The van der Waals surface area contributed by atoms with Crippen molar-refractivity contribution in [3.05, 3.63) is 22.4 Å². The van der Waals surface area contributed by atoms with Gasteiger partial charge in [-0.2, -0.15) is 0 Å². The molecular formula is C10H13N3O3. The Labute approximate surface area is 93.0 Å². The number of aromatic nitrogens is 1. The fourth-order valence-corrected chi connectivity index (χ4v) is 1.36. The van der Waals surface area contributed by atoms with Gasteiger partial charge in [-0.3, -0.25) is 10.1 Å². The van der Waals surface area contributed by atoms with E-state index >= 15 is 0 Å². The minimum atomic E-state index is -0.438. The van der Waals surface area contributed by atoms with Crippen LogP contribution >= 0.6 is 0 Å². The molecule has 16 heavy (non-hydrogen) atoms. The Morgan fingerprint density at radius 2 is 2.25 bits per heavy atom. The molecule has 1 fully saturated rings. The molecule has 0 atom stereocenters. The highest BCUT2D eigenvalue weighted by Gasteiger charge is 2.30. The van der Waals surface area contributed by atoms with E-state index in [9.17, 15) is 10.1 Å². The second kappa shape index (κ2) is 3.96. The lowest BCUT2D eigenvalue weighted by atomic mass is 10.3. The van der Waals surface area contributed by atoms with Gasteiger partial charge in [-0.1, -0.05) is 0 Å². The minimum absolute atomic E-state index is 0.0226. The molecule has 0 N–H and O–H groups in total. The summed E-state index contributed by atoms with van der Waals surface area (Å²) in [5.41, 5.74) is -0.0226. The van der Waals surface area contributed by atoms with E-state index in [0.717, 1.165) is 12.8 Å². The molecule has 86 valence electrons. The first-order valence-electron chi connectivity index (χ1n) is 5.07. The van der Waals surface area contributed by atoms with Gasteiger partial charge >= 0.3 is 5.69 Å². The van der Waals surface area contributed by atoms with Crippen LogP contribution in [0.5, 0.6) is 5.75 Å². The Hall–Kier alpha value is -1.85. The molecule has 0 aromatic carbocycles. The quantitative estimate of drug-likeness (QED) is 0.572. The van der Waals surface area contributed by atoms with Crippen LogP contribution in [0.3, 0.4) is 0 Å². The molecule has 6 heteroatoms. The summed E-state index contributed by atoms with van der Waals surface area (Å²) in [5.74, 6) is 0.779. The van der Waals surface area contributed by atoms with E-state index in [0.29, 0.717) is 5.82 Å². The number of hydrogen-bond acceptors (Lipinski definition) is 5. The van der Waals surface area contributed by atoms with Crippen molar-refractivity contribution in [2.75, 3.05) is 19.0 Å². The lowest BCUT2D eigenvalue weighted by molar-refractivity contribution is -0.385. The molecule has 0 unspecified atom stereocenters. The summed E-state index contributed by atoms with van der Waals surface area (Å²) in [6, 6.07) is 1.37. The molecule has 0 bridgehead atoms. The lowest BCUT2D eigenvalue weighted by Gasteiger charge is -2.15. The zero-order valence-corrected chi connectivity index (χ0v) is 9.21. The van der Waals surface area contributed by atoms with Crippen molar-refractivity contribution < 1.29 is 9.66 Å². The molecule has 0 radical (unpaired) electrons. The van der Waals surface area contributed by atoms with Gasteiger partial charge in [0.1, 0.15) is 0 Å². The van der Waals surface area contributed by atoms with Crippen molar-refractivity contribution in [2.45, 2.75) is 18.9 Å². The zero-order chi connectivity index (χ0) is 11.7. The zero-order valence-electron chi connectivity index (χ0n) is 9.21. The van der Waals surface area contributed by atoms with E-state index in [4.69, 9.17) is 4.74 Å². The van der Waals surface area contributed by atoms with Gasteiger partial charge in [0.15, 0.2) is 5.82 Å². The third kappa shape index (κ3) is 2.05. The molecule has 0 amide bonds. The summed E-state index contributed by atoms with van der Waals surface area (Å²) in [6.45, 7) is 0. The minimum Gasteiger partial charge on any atom is -0.481 e. The highest BCUT2D eigenvalue weighted by Crippen LogP contribution is 2.38. The van der Waals surface area contributed by atoms with Crippen LogP contribution in [0.1, 0.15) is 12.8 Å². The van der Waals surface area contributed by atoms with E-state index in [1.807, 2.05) is 0 Å². The summed E-state index contributed by atoms with van der Waals surface area (Å²) in [7, 11) is 3.57. The molecule has 1 saturated carbocycles. The highest BCUT2D eigenvalue weighted by molar-refractivity contribution is 5.62. The molecule has 1 aliphatic carbocycles. The standard InChI is InChI=1S/C10H13N3O3/c1-12(2)10-9(16-7-3-4-7)8(13(14)15)5-6-11-10/h5-7H,3-4H2,1-2H3. The fourth-order valence-electron chi connectivity index (χ4n) is 1.36. The van der Waals surface area contributed by atoms with E-state index < -0.39 is 4.92 Å². The monoisotopic (exact) mass is 223 g/mol. The number of anilines is 1. The molecule has 0 aliphatic heterocycles. The van der Waals surface area contributed by atoms with Crippen molar-refractivity contribution in [1.82, 2.24) is 4.98 Å². The van der Waals surface area contributed by atoms with Crippen LogP contribution in [0.25, 0.3) is 0 Å². The van der Waals surface area contributed by atoms with Crippen molar-refractivity contribution in [3.63, 3.8) is 0 Å². The molecule has 1 aliphatic rings. The van der Waals surface area contributed by atoms with Crippen LogP contribution in [0, 0.1) is 10.1 Å². The summed E-state index contributed by atoms with van der Waals surface area (Å²) < 4.78 is 5.56. The van der Waals surface area contributed by atoms with Gasteiger partial charge in [0.2, 0.25) is 5.75 Å². The van der Waals surface area contributed by atoms with Crippen LogP contribution in [-0.2, 0) is 0 Å². The third-order valence-corrected chi connectivity index (χ3v) is 2.29. The number of pyridine rings is 1. The van der Waals surface area contributed by atoms with Gasteiger partial charge in [-0.15, -0.1) is 0 Å². The van der Waals surface area contributed by atoms with Crippen molar-refractivity contribution in [2.24, 2.45) is 0 Å². The summed E-state index contributed by atoms with van der Waals surface area (Å²) in [4.78, 5) is 16.3. The molecule has 1 heterocycles. The van der Waals surface area contributed by atoms with Gasteiger partial charge in [-0.05, 0) is 12.8 Å². The smallest absolute Gasteiger partial charge is 0.316 e. The maximum atomic E-state index is 10.9. The van der Waals surface area contributed by atoms with E-state index in [1.165, 1.54) is 12.3 Å². The third-order valence-electron chi connectivity index (χ3n) is 2.29. The summed E-state index contributed by atoms with van der Waals surface area (Å²) in [5, 5.41) is 10.9.